The molecule has 33 heavy (non-hydrogen) atoms. The van der Waals surface area contributed by atoms with Crippen LogP contribution in [0.5, 0.6) is 0 Å². The molecule has 0 spiro atoms. The molecule has 4 rings (SSSR count). The Bertz CT molecular complexity index is 1250. The lowest BCUT2D eigenvalue weighted by Crippen LogP contribution is -2.50. The van der Waals surface area contributed by atoms with Crippen molar-refractivity contribution < 1.29 is 30.8 Å². The molecule has 3 aromatic rings. The summed E-state index contributed by atoms with van der Waals surface area (Å²) < 4.78 is 79.7. The van der Waals surface area contributed by atoms with Crippen LogP contribution < -0.4 is 0 Å². The van der Waals surface area contributed by atoms with Crippen LogP contribution in [-0.2, 0) is 16.2 Å². The van der Waals surface area contributed by atoms with E-state index in [1.54, 1.807) is 0 Å². The van der Waals surface area contributed by atoms with Crippen molar-refractivity contribution in [3.05, 3.63) is 78.1 Å². The van der Waals surface area contributed by atoms with Crippen LogP contribution >= 0.6 is 0 Å². The minimum Gasteiger partial charge on any atom is -0.335 e. The summed E-state index contributed by atoms with van der Waals surface area (Å²) in [5.41, 5.74) is -0.156. The molecule has 0 bridgehead atoms. The van der Waals surface area contributed by atoms with Gasteiger partial charge in [-0.3, -0.25) is 9.36 Å². The fraction of sp³-hybridized carbons (Fsp3) is 0.238. The number of halogens is 4. The Hall–Kier alpha value is -3.25. The first-order valence-corrected chi connectivity index (χ1v) is 11.3. The van der Waals surface area contributed by atoms with Crippen molar-refractivity contribution in [2.75, 3.05) is 26.2 Å². The summed E-state index contributed by atoms with van der Waals surface area (Å²) in [5.74, 6) is -0.791. The van der Waals surface area contributed by atoms with Gasteiger partial charge in [0.25, 0.3) is 5.91 Å². The smallest absolute Gasteiger partial charge is 0.335 e. The molecule has 2 aromatic carbocycles. The highest BCUT2D eigenvalue weighted by Gasteiger charge is 2.33. The highest BCUT2D eigenvalue weighted by Crippen LogP contribution is 2.30. The molecule has 0 radical (unpaired) electrons. The maximum atomic E-state index is 13.2. The zero-order valence-corrected chi connectivity index (χ0v) is 17.9. The van der Waals surface area contributed by atoms with E-state index in [0.29, 0.717) is 5.69 Å². The van der Waals surface area contributed by atoms with E-state index in [1.165, 1.54) is 46.3 Å². The number of imidazole rings is 1. The van der Waals surface area contributed by atoms with Crippen LogP contribution in [0, 0.1) is 5.82 Å². The van der Waals surface area contributed by atoms with Gasteiger partial charge in [0, 0.05) is 31.9 Å². The average molecular weight is 482 g/mol. The summed E-state index contributed by atoms with van der Waals surface area (Å²) in [6.45, 7) is 0.153. The number of rotatable bonds is 4. The Balaban J connectivity index is 1.45. The lowest BCUT2D eigenvalue weighted by Gasteiger charge is -2.34. The third-order valence-electron chi connectivity index (χ3n) is 5.31. The largest absolute Gasteiger partial charge is 0.416 e. The lowest BCUT2D eigenvalue weighted by atomic mass is 10.2. The number of nitrogens with zero attached hydrogens (tertiary/aromatic N) is 4. The number of alkyl halides is 3. The summed E-state index contributed by atoms with van der Waals surface area (Å²) in [6, 6.07) is 8.83. The highest BCUT2D eigenvalue weighted by molar-refractivity contribution is 7.89. The number of sulfonamides is 1. The number of hydrogen-bond acceptors (Lipinski definition) is 4. The number of piperazine rings is 1. The number of aromatic nitrogens is 2. The second-order valence-corrected chi connectivity index (χ2v) is 9.28. The van der Waals surface area contributed by atoms with E-state index < -0.39 is 27.6 Å². The molecule has 0 saturated carbocycles. The van der Waals surface area contributed by atoms with Crippen molar-refractivity contribution >= 4 is 15.9 Å². The minimum absolute atomic E-state index is 0.0141. The molecule has 174 valence electrons. The van der Waals surface area contributed by atoms with E-state index in [-0.39, 0.29) is 42.7 Å². The van der Waals surface area contributed by atoms with Crippen LogP contribution in [-0.4, -0.2) is 59.3 Å². The molecule has 7 nitrogen and oxygen atoms in total. The van der Waals surface area contributed by atoms with Crippen molar-refractivity contribution in [3.63, 3.8) is 0 Å². The van der Waals surface area contributed by atoms with Crippen molar-refractivity contribution in [1.82, 2.24) is 18.8 Å². The van der Waals surface area contributed by atoms with Gasteiger partial charge in [0.1, 0.15) is 11.5 Å². The topological polar surface area (TPSA) is 75.5 Å². The Morgan fingerprint density at radius 1 is 0.909 bits per heavy atom. The second kappa shape index (κ2) is 8.60. The van der Waals surface area contributed by atoms with E-state index >= 15 is 0 Å². The van der Waals surface area contributed by atoms with Crippen LogP contribution in [0.15, 0.2) is 66.0 Å². The molecule has 1 fully saturated rings. The minimum atomic E-state index is -4.56. The van der Waals surface area contributed by atoms with Gasteiger partial charge < -0.3 is 4.90 Å². The summed E-state index contributed by atoms with van der Waals surface area (Å²) in [6.07, 6.45) is -1.77. The van der Waals surface area contributed by atoms with E-state index in [1.807, 2.05) is 0 Å². The summed E-state index contributed by atoms with van der Waals surface area (Å²) >= 11 is 0. The van der Waals surface area contributed by atoms with Gasteiger partial charge in [-0.15, -0.1) is 0 Å². The summed E-state index contributed by atoms with van der Waals surface area (Å²) in [5, 5.41) is 0. The van der Waals surface area contributed by atoms with Crippen LogP contribution in [0.1, 0.15) is 16.1 Å². The number of hydrogen-bond donors (Lipinski definition) is 0. The van der Waals surface area contributed by atoms with Crippen LogP contribution in [0.25, 0.3) is 5.69 Å². The number of amides is 1. The molecule has 0 aliphatic carbocycles. The van der Waals surface area contributed by atoms with Crippen LogP contribution in [0.3, 0.4) is 0 Å². The van der Waals surface area contributed by atoms with Gasteiger partial charge in [-0.05, 0) is 48.5 Å². The molecule has 1 saturated heterocycles. The van der Waals surface area contributed by atoms with Gasteiger partial charge in [0.05, 0.1) is 23.0 Å². The Labute approximate surface area is 186 Å². The monoisotopic (exact) mass is 482 g/mol. The fourth-order valence-electron chi connectivity index (χ4n) is 3.52. The molecule has 2 heterocycles. The van der Waals surface area contributed by atoms with Crippen LogP contribution in [0.4, 0.5) is 17.6 Å². The second-order valence-electron chi connectivity index (χ2n) is 7.34. The zero-order chi connectivity index (χ0) is 23.8. The standard InChI is InChI=1S/C21H18F4N4O3S/c22-16-3-5-17(6-4-16)29-14-26-13-19(29)20(30)27-9-11-28(12-10-27)33(31,32)18-7-1-15(2-8-18)21(23,24)25/h1-8,13-14H,9-12H2. The lowest BCUT2D eigenvalue weighted by molar-refractivity contribution is -0.137. The zero-order valence-electron chi connectivity index (χ0n) is 17.0. The highest BCUT2D eigenvalue weighted by atomic mass is 32.2. The molecule has 1 aliphatic heterocycles. The van der Waals surface area contributed by atoms with E-state index in [9.17, 15) is 30.8 Å². The summed E-state index contributed by atoms with van der Waals surface area (Å²) in [7, 11) is -4.01. The first-order valence-electron chi connectivity index (χ1n) is 9.82. The maximum absolute atomic E-state index is 13.2. The van der Waals surface area contributed by atoms with Gasteiger partial charge in [0.2, 0.25) is 10.0 Å². The van der Waals surface area contributed by atoms with Crippen molar-refractivity contribution in [1.29, 1.82) is 0 Å². The molecular formula is C21H18F4N4O3S. The molecule has 12 heteroatoms. The van der Waals surface area contributed by atoms with Gasteiger partial charge in [-0.25, -0.2) is 17.8 Å². The number of carbonyl (C=O) groups excluding carboxylic acids is 1. The average Bonchev–Trinajstić information content (AvgIpc) is 3.28. The van der Waals surface area contributed by atoms with E-state index in [2.05, 4.69) is 4.98 Å². The molecule has 0 N–H and O–H groups in total. The van der Waals surface area contributed by atoms with Gasteiger partial charge in [-0.2, -0.15) is 17.5 Å². The Morgan fingerprint density at radius 3 is 2.09 bits per heavy atom. The molecule has 0 atom stereocenters. The van der Waals surface area contributed by atoms with Crippen LogP contribution in [0.2, 0.25) is 0 Å². The molecule has 1 amide bonds. The third-order valence-corrected chi connectivity index (χ3v) is 7.22. The Kier molecular flexibility index (Phi) is 5.97. The van der Waals surface area contributed by atoms with E-state index in [0.717, 1.165) is 28.6 Å². The predicted octanol–water partition coefficient (Wildman–Crippen LogP) is 3.18. The first-order chi connectivity index (χ1) is 15.6. The van der Waals surface area contributed by atoms with Crippen molar-refractivity contribution in [2.45, 2.75) is 11.1 Å². The molecular weight excluding hydrogens is 464 g/mol. The fourth-order valence-corrected chi connectivity index (χ4v) is 4.94. The van der Waals surface area contributed by atoms with Crippen molar-refractivity contribution in [2.24, 2.45) is 0 Å². The Morgan fingerprint density at radius 2 is 1.52 bits per heavy atom. The molecule has 1 aliphatic rings. The van der Waals surface area contributed by atoms with Gasteiger partial charge >= 0.3 is 6.18 Å². The van der Waals surface area contributed by atoms with E-state index in [4.69, 9.17) is 0 Å². The quantitative estimate of drug-likeness (QED) is 0.536. The van der Waals surface area contributed by atoms with Gasteiger partial charge in [-0.1, -0.05) is 0 Å². The molecule has 1 aromatic heterocycles. The van der Waals surface area contributed by atoms with Gasteiger partial charge in [0.15, 0.2) is 0 Å². The number of benzene rings is 2. The van der Waals surface area contributed by atoms with Crippen molar-refractivity contribution in [3.8, 4) is 5.69 Å². The molecule has 0 unspecified atom stereocenters. The third kappa shape index (κ3) is 4.62. The summed E-state index contributed by atoms with van der Waals surface area (Å²) in [4.78, 5) is 18.2. The number of carbonyl (C=O) groups is 1. The predicted molar refractivity (Wildman–Crippen MR) is 110 cm³/mol. The first kappa shape index (κ1) is 22.9. The normalized spacial score (nSPS) is 15.6. The SMILES string of the molecule is O=C(c1cncn1-c1ccc(F)cc1)N1CCN(S(=O)(=O)c2ccc(C(F)(F)F)cc2)CC1. The maximum Gasteiger partial charge on any atom is 0.416 e.